The van der Waals surface area contributed by atoms with Gasteiger partial charge in [0.1, 0.15) is 11.7 Å². The summed E-state index contributed by atoms with van der Waals surface area (Å²) in [5, 5.41) is 2.84. The maximum Gasteiger partial charge on any atom is 0.284 e. The summed E-state index contributed by atoms with van der Waals surface area (Å²) in [5.41, 5.74) is -0.203. The second kappa shape index (κ2) is 8.42. The van der Waals surface area contributed by atoms with E-state index >= 15 is 0 Å². The van der Waals surface area contributed by atoms with Crippen LogP contribution in [-0.2, 0) is 20.2 Å². The summed E-state index contributed by atoms with van der Waals surface area (Å²) in [7, 11) is -2.07. The number of carbonyl (C=O) groups is 1. The average Bonchev–Trinajstić information content (AvgIpc) is 3.39. The van der Waals surface area contributed by atoms with Crippen molar-refractivity contribution in [3.8, 4) is 0 Å². The zero-order chi connectivity index (χ0) is 22.1. The Morgan fingerprint density at radius 2 is 1.84 bits per heavy atom. The topological polar surface area (TPSA) is 78.8 Å². The lowest BCUT2D eigenvalue weighted by molar-refractivity contribution is -0.121. The van der Waals surface area contributed by atoms with E-state index in [9.17, 15) is 17.6 Å². The lowest BCUT2D eigenvalue weighted by Crippen LogP contribution is -2.38. The van der Waals surface area contributed by atoms with Gasteiger partial charge in [0.25, 0.3) is 10.0 Å². The number of likely N-dealkylation sites (tertiary alicyclic amines) is 1. The third-order valence-electron chi connectivity index (χ3n) is 6.23. The van der Waals surface area contributed by atoms with Crippen LogP contribution in [0.1, 0.15) is 44.1 Å². The van der Waals surface area contributed by atoms with Crippen LogP contribution in [0.4, 0.5) is 10.1 Å². The van der Waals surface area contributed by atoms with Crippen LogP contribution >= 0.6 is 0 Å². The van der Waals surface area contributed by atoms with E-state index in [1.54, 1.807) is 30.3 Å². The SMILES string of the molecule is CN1CCC/C1=N\S(=O)(=O)c1cccc(NC(=O)C2(c3ccccc3F)CCCC2)c1. The van der Waals surface area contributed by atoms with Gasteiger partial charge in [-0.1, -0.05) is 37.1 Å². The molecule has 6 nitrogen and oxygen atoms in total. The second-order valence-electron chi connectivity index (χ2n) is 8.26. The zero-order valence-corrected chi connectivity index (χ0v) is 18.3. The molecule has 4 rings (SSSR count). The monoisotopic (exact) mass is 443 g/mol. The fraction of sp³-hybridized carbons (Fsp3) is 0.391. The maximum atomic E-state index is 14.6. The van der Waals surface area contributed by atoms with Gasteiger partial charge in [0, 0.05) is 31.3 Å². The summed E-state index contributed by atoms with van der Waals surface area (Å²) in [6.45, 7) is 0.780. The number of nitrogens with one attached hydrogen (secondary N) is 1. The van der Waals surface area contributed by atoms with Crippen LogP contribution in [0.15, 0.2) is 57.8 Å². The van der Waals surface area contributed by atoms with Gasteiger partial charge in [-0.2, -0.15) is 8.42 Å². The molecule has 2 aromatic rings. The quantitative estimate of drug-likeness (QED) is 0.755. The van der Waals surface area contributed by atoms with E-state index in [0.717, 1.165) is 25.8 Å². The molecule has 1 heterocycles. The van der Waals surface area contributed by atoms with Gasteiger partial charge in [-0.3, -0.25) is 4.79 Å². The summed E-state index contributed by atoms with van der Waals surface area (Å²) >= 11 is 0. The molecule has 1 aliphatic heterocycles. The molecule has 1 amide bonds. The molecule has 2 aliphatic rings. The standard InChI is InChI=1S/C23H26FN3O3S/c1-27-15-7-12-21(27)26-31(29,30)18-9-6-8-17(16-18)25-22(28)23(13-4-5-14-23)19-10-2-3-11-20(19)24/h2-3,6,8-11,16H,4-5,7,12-15H2,1H3,(H,25,28)/b26-21+. The minimum absolute atomic E-state index is 0.0180. The molecular weight excluding hydrogens is 417 g/mol. The first-order valence-corrected chi connectivity index (χ1v) is 12.0. The largest absolute Gasteiger partial charge is 0.362 e. The number of sulfonamides is 1. The molecule has 164 valence electrons. The number of rotatable bonds is 5. The first-order chi connectivity index (χ1) is 14.8. The molecular formula is C23H26FN3O3S. The molecule has 1 saturated heterocycles. The zero-order valence-electron chi connectivity index (χ0n) is 17.5. The lowest BCUT2D eigenvalue weighted by Gasteiger charge is -2.28. The number of anilines is 1. The smallest absolute Gasteiger partial charge is 0.284 e. The van der Waals surface area contributed by atoms with E-state index in [-0.39, 0.29) is 10.8 Å². The Hall–Kier alpha value is -2.74. The third kappa shape index (κ3) is 4.21. The predicted molar refractivity (Wildman–Crippen MR) is 118 cm³/mol. The summed E-state index contributed by atoms with van der Waals surface area (Å²) in [6, 6.07) is 12.5. The second-order valence-corrected chi connectivity index (χ2v) is 9.86. The van der Waals surface area contributed by atoms with Gasteiger partial charge >= 0.3 is 0 Å². The van der Waals surface area contributed by atoms with Crippen molar-refractivity contribution >= 4 is 27.5 Å². The fourth-order valence-corrected chi connectivity index (χ4v) is 5.67. The number of hydrogen-bond donors (Lipinski definition) is 1. The molecule has 1 aliphatic carbocycles. The molecule has 2 fully saturated rings. The molecule has 0 unspecified atom stereocenters. The molecule has 0 atom stereocenters. The van der Waals surface area contributed by atoms with Crippen molar-refractivity contribution in [1.29, 1.82) is 0 Å². The van der Waals surface area contributed by atoms with Crippen LogP contribution in [0.25, 0.3) is 0 Å². The number of benzene rings is 2. The highest BCUT2D eigenvalue weighted by atomic mass is 32.2. The van der Waals surface area contributed by atoms with Gasteiger partial charge in [0.05, 0.1) is 10.3 Å². The number of hydrogen-bond acceptors (Lipinski definition) is 3. The van der Waals surface area contributed by atoms with Crippen molar-refractivity contribution in [3.63, 3.8) is 0 Å². The van der Waals surface area contributed by atoms with Gasteiger partial charge in [-0.25, -0.2) is 4.39 Å². The Kier molecular flexibility index (Phi) is 5.83. The van der Waals surface area contributed by atoms with Gasteiger partial charge in [-0.15, -0.1) is 4.40 Å². The number of carbonyl (C=O) groups excluding carboxylic acids is 1. The van der Waals surface area contributed by atoms with Gasteiger partial charge in [0.2, 0.25) is 5.91 Å². The molecule has 0 spiro atoms. The van der Waals surface area contributed by atoms with Crippen molar-refractivity contribution in [2.24, 2.45) is 4.40 Å². The Morgan fingerprint density at radius 3 is 2.52 bits per heavy atom. The average molecular weight is 444 g/mol. The lowest BCUT2D eigenvalue weighted by atomic mass is 9.77. The van der Waals surface area contributed by atoms with E-state index in [0.29, 0.717) is 36.3 Å². The van der Waals surface area contributed by atoms with Crippen LogP contribution in [0, 0.1) is 5.82 Å². The van der Waals surface area contributed by atoms with Crippen LogP contribution in [0.2, 0.25) is 0 Å². The van der Waals surface area contributed by atoms with Crippen molar-refractivity contribution in [3.05, 3.63) is 59.9 Å². The highest BCUT2D eigenvalue weighted by Gasteiger charge is 2.44. The van der Waals surface area contributed by atoms with Crippen molar-refractivity contribution in [1.82, 2.24) is 4.90 Å². The summed E-state index contributed by atoms with van der Waals surface area (Å²) in [6.07, 6.45) is 4.27. The van der Waals surface area contributed by atoms with Crippen LogP contribution in [0.3, 0.4) is 0 Å². The van der Waals surface area contributed by atoms with Crippen molar-refractivity contribution < 1.29 is 17.6 Å². The highest BCUT2D eigenvalue weighted by Crippen LogP contribution is 2.43. The molecule has 0 radical (unpaired) electrons. The van der Waals surface area contributed by atoms with Crippen LogP contribution in [0.5, 0.6) is 0 Å². The molecule has 0 aromatic heterocycles. The normalized spacial score (nSPS) is 19.7. The summed E-state index contributed by atoms with van der Waals surface area (Å²) in [5.74, 6) is -0.169. The van der Waals surface area contributed by atoms with Gasteiger partial charge in [0.15, 0.2) is 0 Å². The minimum atomic E-state index is -3.89. The molecule has 31 heavy (non-hydrogen) atoms. The van der Waals surface area contributed by atoms with E-state index < -0.39 is 21.3 Å². The Bertz CT molecular complexity index is 1120. The highest BCUT2D eigenvalue weighted by molar-refractivity contribution is 7.90. The van der Waals surface area contributed by atoms with E-state index in [1.165, 1.54) is 18.2 Å². The first kappa shape index (κ1) is 21.5. The van der Waals surface area contributed by atoms with Crippen LogP contribution < -0.4 is 5.32 Å². The summed E-state index contributed by atoms with van der Waals surface area (Å²) in [4.78, 5) is 15.2. The number of nitrogens with zero attached hydrogens (tertiary/aromatic N) is 2. The van der Waals surface area contributed by atoms with Crippen molar-refractivity contribution in [2.75, 3.05) is 18.9 Å². The number of halogens is 1. The Labute approximate surface area is 182 Å². The van der Waals surface area contributed by atoms with Crippen LogP contribution in [-0.4, -0.2) is 38.7 Å². The van der Waals surface area contributed by atoms with Gasteiger partial charge < -0.3 is 10.2 Å². The van der Waals surface area contributed by atoms with E-state index in [4.69, 9.17) is 0 Å². The number of amidine groups is 1. The Balaban J connectivity index is 1.61. The van der Waals surface area contributed by atoms with Gasteiger partial charge in [-0.05, 0) is 43.5 Å². The third-order valence-corrected chi connectivity index (χ3v) is 7.53. The Morgan fingerprint density at radius 1 is 1.10 bits per heavy atom. The predicted octanol–water partition coefficient (Wildman–Crippen LogP) is 4.09. The molecule has 2 aromatic carbocycles. The van der Waals surface area contributed by atoms with Crippen molar-refractivity contribution in [2.45, 2.75) is 48.8 Å². The molecule has 0 bridgehead atoms. The molecule has 8 heteroatoms. The van der Waals surface area contributed by atoms with E-state index in [2.05, 4.69) is 9.71 Å². The van der Waals surface area contributed by atoms with E-state index in [1.807, 2.05) is 11.9 Å². The molecule has 1 N–H and O–H groups in total. The number of amides is 1. The first-order valence-electron chi connectivity index (χ1n) is 10.5. The fourth-order valence-electron chi connectivity index (χ4n) is 4.53. The molecule has 1 saturated carbocycles. The minimum Gasteiger partial charge on any atom is -0.362 e. The maximum absolute atomic E-state index is 14.6. The summed E-state index contributed by atoms with van der Waals surface area (Å²) < 4.78 is 44.1.